The molecule has 0 aliphatic heterocycles. The number of hydrogen-bond donors (Lipinski definition) is 0. The third-order valence-corrected chi connectivity index (χ3v) is 2.47. The molecule has 1 rings (SSSR count). The highest BCUT2D eigenvalue weighted by Crippen LogP contribution is 2.49. The van der Waals surface area contributed by atoms with E-state index in [-0.39, 0.29) is 5.41 Å². The van der Waals surface area contributed by atoms with Crippen LogP contribution >= 0.6 is 0 Å². The first-order valence-electron chi connectivity index (χ1n) is 4.49. The van der Waals surface area contributed by atoms with Crippen molar-refractivity contribution < 1.29 is 13.2 Å². The van der Waals surface area contributed by atoms with Crippen molar-refractivity contribution in [2.24, 2.45) is 5.41 Å². The van der Waals surface area contributed by atoms with Gasteiger partial charge in [0.25, 0.3) is 0 Å². The van der Waals surface area contributed by atoms with Gasteiger partial charge in [-0.2, -0.15) is 18.4 Å². The molecular weight excluding hydrogens is 193 g/mol. The molecule has 0 spiro atoms. The van der Waals surface area contributed by atoms with Crippen molar-refractivity contribution in [2.45, 2.75) is 25.4 Å². The molecule has 0 unspecified atom stereocenters. The van der Waals surface area contributed by atoms with Crippen molar-refractivity contribution in [3.8, 4) is 6.07 Å². The van der Waals surface area contributed by atoms with Crippen LogP contribution in [0.25, 0.3) is 0 Å². The Labute approximate surface area is 81.3 Å². The maximum Gasteiger partial charge on any atom is 0.401 e. The standard InChI is InChI=1S/C9H13F3N2/c1-14(7-9(10,11)12)6-8(2-3-8)4-5-13/h2-4,6-7H2,1H3. The van der Waals surface area contributed by atoms with Gasteiger partial charge in [0.1, 0.15) is 0 Å². The lowest BCUT2D eigenvalue weighted by Crippen LogP contribution is -2.35. The lowest BCUT2D eigenvalue weighted by atomic mass is 10.0. The van der Waals surface area contributed by atoms with Crippen LogP contribution in [0.1, 0.15) is 19.3 Å². The summed E-state index contributed by atoms with van der Waals surface area (Å²) >= 11 is 0. The van der Waals surface area contributed by atoms with Crippen molar-refractivity contribution in [3.63, 3.8) is 0 Å². The Bertz CT molecular complexity index is 237. The largest absolute Gasteiger partial charge is 0.401 e. The van der Waals surface area contributed by atoms with Gasteiger partial charge in [-0.1, -0.05) is 0 Å². The van der Waals surface area contributed by atoms with Crippen LogP contribution in [0.4, 0.5) is 13.2 Å². The molecule has 0 radical (unpaired) electrons. The smallest absolute Gasteiger partial charge is 0.298 e. The zero-order chi connectivity index (χ0) is 10.8. The van der Waals surface area contributed by atoms with E-state index in [9.17, 15) is 13.2 Å². The van der Waals surface area contributed by atoms with Crippen LogP contribution in [0, 0.1) is 16.7 Å². The number of alkyl halides is 3. The summed E-state index contributed by atoms with van der Waals surface area (Å²) < 4.78 is 35.9. The zero-order valence-electron chi connectivity index (χ0n) is 8.06. The second kappa shape index (κ2) is 3.77. The quantitative estimate of drug-likeness (QED) is 0.704. The van der Waals surface area contributed by atoms with Gasteiger partial charge < -0.3 is 0 Å². The minimum atomic E-state index is -4.14. The second-order valence-electron chi connectivity index (χ2n) is 4.12. The third kappa shape index (κ3) is 3.54. The molecule has 0 saturated heterocycles. The highest BCUT2D eigenvalue weighted by Gasteiger charge is 2.44. The van der Waals surface area contributed by atoms with Crippen LogP contribution in [-0.2, 0) is 0 Å². The van der Waals surface area contributed by atoms with Crippen LogP contribution in [0.15, 0.2) is 0 Å². The molecule has 1 aliphatic rings. The second-order valence-corrected chi connectivity index (χ2v) is 4.12. The topological polar surface area (TPSA) is 27.0 Å². The molecule has 1 fully saturated rings. The summed E-state index contributed by atoms with van der Waals surface area (Å²) in [5.74, 6) is 0. The number of nitrogens with zero attached hydrogens (tertiary/aromatic N) is 2. The summed E-state index contributed by atoms with van der Waals surface area (Å²) in [5.41, 5.74) is -0.144. The van der Waals surface area contributed by atoms with Gasteiger partial charge in [-0.05, 0) is 25.3 Å². The molecule has 0 bridgehead atoms. The van der Waals surface area contributed by atoms with Gasteiger partial charge >= 0.3 is 6.18 Å². The van der Waals surface area contributed by atoms with E-state index in [1.165, 1.54) is 11.9 Å². The third-order valence-electron chi connectivity index (χ3n) is 2.47. The minimum Gasteiger partial charge on any atom is -0.298 e. The van der Waals surface area contributed by atoms with Crippen LogP contribution in [0.5, 0.6) is 0 Å². The predicted octanol–water partition coefficient (Wildman–Crippen LogP) is 2.17. The van der Waals surface area contributed by atoms with Gasteiger partial charge in [-0.15, -0.1) is 0 Å². The van der Waals surface area contributed by atoms with E-state index in [1.807, 2.05) is 6.07 Å². The van der Waals surface area contributed by atoms with Gasteiger partial charge in [0.15, 0.2) is 0 Å². The van der Waals surface area contributed by atoms with Gasteiger partial charge in [0.05, 0.1) is 12.6 Å². The molecule has 14 heavy (non-hydrogen) atoms. The average Bonchev–Trinajstić information content (AvgIpc) is 2.64. The summed E-state index contributed by atoms with van der Waals surface area (Å²) in [4.78, 5) is 1.25. The molecule has 2 nitrogen and oxygen atoms in total. The molecule has 1 saturated carbocycles. The van der Waals surface area contributed by atoms with Crippen molar-refractivity contribution >= 4 is 0 Å². The van der Waals surface area contributed by atoms with Crippen LogP contribution < -0.4 is 0 Å². The van der Waals surface area contributed by atoms with Crippen LogP contribution in [0.2, 0.25) is 0 Å². The minimum absolute atomic E-state index is 0.144. The van der Waals surface area contributed by atoms with E-state index >= 15 is 0 Å². The van der Waals surface area contributed by atoms with E-state index in [0.717, 1.165) is 12.8 Å². The fourth-order valence-electron chi connectivity index (χ4n) is 1.67. The highest BCUT2D eigenvalue weighted by molar-refractivity contribution is 5.00. The van der Waals surface area contributed by atoms with E-state index in [1.54, 1.807) is 0 Å². The first kappa shape index (κ1) is 11.3. The average molecular weight is 206 g/mol. The Hall–Kier alpha value is -0.760. The Morgan fingerprint density at radius 3 is 2.36 bits per heavy atom. The molecule has 0 aromatic carbocycles. The normalized spacial score (nSPS) is 19.4. The maximum atomic E-state index is 12.0. The Balaban J connectivity index is 2.34. The number of hydrogen-bond acceptors (Lipinski definition) is 2. The molecule has 80 valence electrons. The van der Waals surface area contributed by atoms with Crippen LogP contribution in [-0.4, -0.2) is 31.2 Å². The fraction of sp³-hybridized carbons (Fsp3) is 0.889. The van der Waals surface area contributed by atoms with Gasteiger partial charge in [-0.3, -0.25) is 4.90 Å². The first-order valence-corrected chi connectivity index (χ1v) is 4.49. The SMILES string of the molecule is CN(CC(F)(F)F)CC1(CC#N)CC1. The van der Waals surface area contributed by atoms with Crippen LogP contribution in [0.3, 0.4) is 0 Å². The number of nitriles is 1. The summed E-state index contributed by atoms with van der Waals surface area (Å²) in [7, 11) is 1.45. The van der Waals surface area contributed by atoms with Crippen molar-refractivity contribution in [2.75, 3.05) is 20.1 Å². The lowest BCUT2D eigenvalue weighted by molar-refractivity contribution is -0.144. The number of rotatable bonds is 4. The summed E-state index contributed by atoms with van der Waals surface area (Å²) in [6.45, 7) is -0.514. The van der Waals surface area contributed by atoms with Gasteiger partial charge in [0, 0.05) is 13.0 Å². The predicted molar refractivity (Wildman–Crippen MR) is 45.4 cm³/mol. The van der Waals surface area contributed by atoms with Crippen molar-refractivity contribution in [3.05, 3.63) is 0 Å². The highest BCUT2D eigenvalue weighted by atomic mass is 19.4. The Kier molecular flexibility index (Phi) is 3.05. The molecule has 0 atom stereocenters. The van der Waals surface area contributed by atoms with E-state index < -0.39 is 12.7 Å². The molecule has 0 heterocycles. The molecular formula is C9H13F3N2. The van der Waals surface area contributed by atoms with Gasteiger partial charge in [-0.25, -0.2) is 0 Å². The molecule has 0 aromatic rings. The summed E-state index contributed by atoms with van der Waals surface area (Å²) in [6, 6.07) is 2.03. The molecule has 5 heteroatoms. The Morgan fingerprint density at radius 1 is 1.43 bits per heavy atom. The lowest BCUT2D eigenvalue weighted by Gasteiger charge is -2.22. The molecule has 1 aliphatic carbocycles. The number of halogens is 3. The van der Waals surface area contributed by atoms with Crippen molar-refractivity contribution in [1.82, 2.24) is 4.90 Å². The van der Waals surface area contributed by atoms with E-state index in [2.05, 4.69) is 0 Å². The summed E-state index contributed by atoms with van der Waals surface area (Å²) in [5, 5.41) is 8.50. The monoisotopic (exact) mass is 206 g/mol. The van der Waals surface area contributed by atoms with E-state index in [0.29, 0.717) is 13.0 Å². The zero-order valence-corrected chi connectivity index (χ0v) is 8.06. The molecule has 0 aromatic heterocycles. The summed E-state index contributed by atoms with van der Waals surface area (Å²) in [6.07, 6.45) is -2.02. The molecule has 0 N–H and O–H groups in total. The van der Waals surface area contributed by atoms with Gasteiger partial charge in [0.2, 0.25) is 0 Å². The molecule has 0 amide bonds. The fourth-order valence-corrected chi connectivity index (χ4v) is 1.67. The Morgan fingerprint density at radius 2 is 2.00 bits per heavy atom. The van der Waals surface area contributed by atoms with Crippen molar-refractivity contribution in [1.29, 1.82) is 5.26 Å². The first-order chi connectivity index (χ1) is 6.37. The van der Waals surface area contributed by atoms with E-state index in [4.69, 9.17) is 5.26 Å². The maximum absolute atomic E-state index is 12.0.